The fraction of sp³-hybridized carbons (Fsp3) is 0.686. The fourth-order valence-corrected chi connectivity index (χ4v) is 5.56. The molecule has 1 N–H and O–H groups in total. The number of hydrogen-bond acceptors (Lipinski definition) is 9. The van der Waals surface area contributed by atoms with Gasteiger partial charge in [-0.15, -0.1) is 0 Å². The van der Waals surface area contributed by atoms with E-state index in [0.717, 1.165) is 41.0 Å². The molecule has 3 rings (SSSR count). The summed E-state index contributed by atoms with van der Waals surface area (Å²) in [6.45, 7) is 7.98. The number of hydrogen-bond donors (Lipinski definition) is 1. The standard InChI is InChI=1S/C35H51FN2O10/c1-34(2,3)48-33(44)38(7)27(20-35(4,5)36)32(43)47-28(19-23-10-12-24(13-11-23)25-14-16-45-17-15-25)30(41)37(6)26(18-22-8-9-22)31(42)46-21-29(39)40/h10-13,22,25-28H,8-9,14-21H2,1-7H3,(H,39,40)/t26-,27-,28+/m0/s1. The van der Waals surface area contributed by atoms with Crippen LogP contribution in [0.3, 0.4) is 0 Å². The highest BCUT2D eigenvalue weighted by molar-refractivity contribution is 5.90. The van der Waals surface area contributed by atoms with Crippen molar-refractivity contribution in [3.05, 3.63) is 35.4 Å². The molecule has 1 saturated heterocycles. The Bertz CT molecular complexity index is 1280. The molecular weight excluding hydrogens is 627 g/mol. The topological polar surface area (TPSA) is 149 Å². The van der Waals surface area contributed by atoms with Gasteiger partial charge in [-0.2, -0.15) is 0 Å². The van der Waals surface area contributed by atoms with E-state index < -0.39 is 72.4 Å². The van der Waals surface area contributed by atoms with Gasteiger partial charge in [-0.05, 0) is 76.8 Å². The predicted molar refractivity (Wildman–Crippen MR) is 173 cm³/mol. The Kier molecular flexibility index (Phi) is 13.4. The molecule has 48 heavy (non-hydrogen) atoms. The Hall–Kier alpha value is -3.74. The fourth-order valence-electron chi connectivity index (χ4n) is 5.56. The molecule has 1 aromatic carbocycles. The number of aliphatic carboxylic acids is 1. The quantitative estimate of drug-likeness (QED) is 0.205. The van der Waals surface area contributed by atoms with Crippen LogP contribution in [0.4, 0.5) is 9.18 Å². The first-order chi connectivity index (χ1) is 22.3. The van der Waals surface area contributed by atoms with Gasteiger partial charge in [0, 0.05) is 40.2 Å². The van der Waals surface area contributed by atoms with Gasteiger partial charge >= 0.3 is 24.0 Å². The van der Waals surface area contributed by atoms with Crippen LogP contribution < -0.4 is 0 Å². The van der Waals surface area contributed by atoms with Gasteiger partial charge in [-0.25, -0.2) is 23.6 Å². The van der Waals surface area contributed by atoms with E-state index in [1.165, 1.54) is 27.9 Å². The number of amides is 2. The minimum Gasteiger partial charge on any atom is -0.479 e. The van der Waals surface area contributed by atoms with Crippen LogP contribution in [0.25, 0.3) is 0 Å². The molecule has 13 heteroatoms. The van der Waals surface area contributed by atoms with E-state index in [9.17, 15) is 24.0 Å². The maximum atomic E-state index is 15.0. The van der Waals surface area contributed by atoms with Gasteiger partial charge in [-0.3, -0.25) is 9.69 Å². The van der Waals surface area contributed by atoms with Crippen molar-refractivity contribution in [3.8, 4) is 0 Å². The third-order valence-corrected chi connectivity index (χ3v) is 8.41. The predicted octanol–water partition coefficient (Wildman–Crippen LogP) is 4.66. The lowest BCUT2D eigenvalue weighted by molar-refractivity contribution is -0.169. The zero-order valence-corrected chi connectivity index (χ0v) is 29.2. The third-order valence-electron chi connectivity index (χ3n) is 8.41. The van der Waals surface area contributed by atoms with Crippen molar-refractivity contribution in [1.29, 1.82) is 0 Å². The molecule has 268 valence electrons. The number of benzene rings is 1. The monoisotopic (exact) mass is 678 g/mol. The third kappa shape index (κ3) is 12.4. The number of halogens is 1. The lowest BCUT2D eigenvalue weighted by Gasteiger charge is -2.34. The SMILES string of the molecule is CN(C(=O)OC(C)(C)C)[C@@H](CC(C)(C)F)C(=O)O[C@H](Cc1ccc(C2CCOCC2)cc1)C(=O)N(C)[C@@H](CC1CC1)C(=O)OCC(=O)O. The molecule has 1 aliphatic heterocycles. The van der Waals surface area contributed by atoms with E-state index in [2.05, 4.69) is 0 Å². The number of carbonyl (C=O) groups excluding carboxylic acids is 4. The van der Waals surface area contributed by atoms with Gasteiger partial charge in [0.25, 0.3) is 5.91 Å². The average Bonchev–Trinajstić information content (AvgIpc) is 3.83. The summed E-state index contributed by atoms with van der Waals surface area (Å²) < 4.78 is 36.7. The molecule has 2 amide bonds. The number of carbonyl (C=O) groups is 5. The Balaban J connectivity index is 1.92. The molecule has 12 nitrogen and oxygen atoms in total. The molecule has 0 unspecified atom stereocenters. The van der Waals surface area contributed by atoms with Crippen LogP contribution in [0.15, 0.2) is 24.3 Å². The lowest BCUT2D eigenvalue weighted by Crippen LogP contribution is -2.52. The molecular formula is C35H51FN2O10. The highest BCUT2D eigenvalue weighted by Gasteiger charge is 2.41. The van der Waals surface area contributed by atoms with Gasteiger partial charge in [0.2, 0.25) is 0 Å². The maximum absolute atomic E-state index is 15.0. The molecule has 0 aromatic heterocycles. The van der Waals surface area contributed by atoms with E-state index in [0.29, 0.717) is 24.7 Å². The van der Waals surface area contributed by atoms with Crippen LogP contribution in [0.5, 0.6) is 0 Å². The van der Waals surface area contributed by atoms with E-state index >= 15 is 4.39 Å². The van der Waals surface area contributed by atoms with Crippen molar-refractivity contribution in [2.24, 2.45) is 5.92 Å². The van der Waals surface area contributed by atoms with Crippen molar-refractivity contribution < 1.29 is 52.4 Å². The normalized spacial score (nSPS) is 17.4. The summed E-state index contributed by atoms with van der Waals surface area (Å²) in [5, 5.41) is 9.03. The molecule has 1 saturated carbocycles. The van der Waals surface area contributed by atoms with E-state index in [4.69, 9.17) is 24.1 Å². The summed E-state index contributed by atoms with van der Waals surface area (Å²) in [6.07, 6.45) is 0.865. The first-order valence-electron chi connectivity index (χ1n) is 16.5. The lowest BCUT2D eigenvalue weighted by atomic mass is 9.90. The maximum Gasteiger partial charge on any atom is 0.410 e. The zero-order valence-electron chi connectivity index (χ0n) is 29.2. The first-order valence-corrected chi connectivity index (χ1v) is 16.5. The van der Waals surface area contributed by atoms with Gasteiger partial charge in [-0.1, -0.05) is 37.1 Å². The molecule has 0 radical (unpaired) electrons. The molecule has 0 bridgehead atoms. The number of esters is 2. The van der Waals surface area contributed by atoms with Crippen molar-refractivity contribution >= 4 is 29.9 Å². The number of nitrogens with zero attached hydrogens (tertiary/aromatic N) is 2. The number of rotatable bonds is 15. The molecule has 3 atom stereocenters. The second-order valence-electron chi connectivity index (χ2n) is 14.4. The first kappa shape index (κ1) is 38.7. The number of ether oxygens (including phenoxy) is 4. The van der Waals surface area contributed by atoms with Crippen molar-refractivity contribution in [3.63, 3.8) is 0 Å². The van der Waals surface area contributed by atoms with Crippen LogP contribution in [0.1, 0.15) is 90.2 Å². The molecule has 1 heterocycles. The Morgan fingerprint density at radius 1 is 0.917 bits per heavy atom. The number of carboxylic acids is 1. The summed E-state index contributed by atoms with van der Waals surface area (Å²) in [6, 6.07) is 5.04. The smallest absolute Gasteiger partial charge is 0.410 e. The number of alkyl halides is 1. The Labute approximate surface area is 282 Å². The Morgan fingerprint density at radius 3 is 2.04 bits per heavy atom. The summed E-state index contributed by atoms with van der Waals surface area (Å²) >= 11 is 0. The second kappa shape index (κ2) is 16.6. The van der Waals surface area contributed by atoms with Gasteiger partial charge in [0.05, 0.1) is 0 Å². The summed E-state index contributed by atoms with van der Waals surface area (Å²) in [4.78, 5) is 67.0. The van der Waals surface area contributed by atoms with Crippen LogP contribution in [0.2, 0.25) is 0 Å². The zero-order chi connectivity index (χ0) is 35.8. The van der Waals surface area contributed by atoms with Gasteiger partial charge in [0.15, 0.2) is 12.7 Å². The highest BCUT2D eigenvalue weighted by Crippen LogP contribution is 2.35. The van der Waals surface area contributed by atoms with Crippen molar-refractivity contribution in [2.75, 3.05) is 33.9 Å². The highest BCUT2D eigenvalue weighted by atomic mass is 19.1. The molecule has 0 spiro atoms. The summed E-state index contributed by atoms with van der Waals surface area (Å²) in [5.74, 6) is -3.48. The van der Waals surface area contributed by atoms with Gasteiger partial charge in [0.1, 0.15) is 23.4 Å². The summed E-state index contributed by atoms with van der Waals surface area (Å²) in [5.41, 5.74) is -1.01. The van der Waals surface area contributed by atoms with E-state index in [-0.39, 0.29) is 18.8 Å². The minimum atomic E-state index is -1.90. The van der Waals surface area contributed by atoms with Crippen LogP contribution in [-0.2, 0) is 44.5 Å². The van der Waals surface area contributed by atoms with Crippen molar-refractivity contribution in [2.45, 2.75) is 115 Å². The number of likely N-dealkylation sites (N-methyl/N-ethyl adjacent to an activating group) is 2. The van der Waals surface area contributed by atoms with Gasteiger partial charge < -0.3 is 29.0 Å². The average molecular weight is 679 g/mol. The molecule has 2 fully saturated rings. The Morgan fingerprint density at radius 2 is 1.52 bits per heavy atom. The van der Waals surface area contributed by atoms with Crippen molar-refractivity contribution in [1.82, 2.24) is 9.80 Å². The van der Waals surface area contributed by atoms with E-state index in [1.807, 2.05) is 24.3 Å². The number of carboxylic acid groups (broad SMARTS) is 1. The van der Waals surface area contributed by atoms with Crippen LogP contribution >= 0.6 is 0 Å². The largest absolute Gasteiger partial charge is 0.479 e. The molecule has 1 aliphatic carbocycles. The minimum absolute atomic E-state index is 0.0782. The van der Waals surface area contributed by atoms with E-state index in [1.54, 1.807) is 20.8 Å². The van der Waals surface area contributed by atoms with Crippen LogP contribution in [0, 0.1) is 5.92 Å². The summed E-state index contributed by atoms with van der Waals surface area (Å²) in [7, 11) is 2.68. The second-order valence-corrected chi connectivity index (χ2v) is 14.4. The molecule has 1 aromatic rings. The van der Waals surface area contributed by atoms with Crippen LogP contribution in [-0.4, -0.2) is 108 Å². The molecule has 2 aliphatic rings.